The van der Waals surface area contributed by atoms with E-state index >= 15 is 0 Å². The predicted octanol–water partition coefficient (Wildman–Crippen LogP) is 10.1. The van der Waals surface area contributed by atoms with Crippen molar-refractivity contribution in [3.8, 4) is 22.5 Å². The van der Waals surface area contributed by atoms with Crippen molar-refractivity contribution >= 4 is 60.0 Å². The fourth-order valence-electron chi connectivity index (χ4n) is 6.38. The summed E-state index contributed by atoms with van der Waals surface area (Å²) >= 11 is 0. The van der Waals surface area contributed by atoms with Crippen molar-refractivity contribution in [3.05, 3.63) is 152 Å². The van der Waals surface area contributed by atoms with Gasteiger partial charge < -0.3 is 18.8 Å². The van der Waals surface area contributed by atoms with Gasteiger partial charge in [-0.05, 0) is 52.6 Å². The van der Waals surface area contributed by atoms with Crippen LogP contribution in [0.5, 0.6) is 0 Å². The summed E-state index contributed by atoms with van der Waals surface area (Å²) in [5, 5.41) is 7.24. The Kier molecular flexibility index (Phi) is 6.64. The summed E-state index contributed by atoms with van der Waals surface area (Å²) in [5.41, 5.74) is 9.44. The summed E-state index contributed by atoms with van der Waals surface area (Å²) in [4.78, 5) is 8.74. The van der Waals surface area contributed by atoms with E-state index in [1.165, 1.54) is 32.6 Å². The minimum absolute atomic E-state index is 0. The molecule has 0 unspecified atom stereocenters. The molecule has 215 valence electrons. The maximum atomic E-state index is 6.18. The van der Waals surface area contributed by atoms with Crippen molar-refractivity contribution in [2.24, 2.45) is 0 Å². The molecule has 1 radical (unpaired) electrons. The standard InChI is InChI=1S/C29H15N2O.C11H8N.Ir/c1-2-10-27-18(6-1)23-15-26-22(16-28(23)32-27)20-8-5-7-19-21-14-17(24-9-3-4-13-30-24)11-12-25(21)31(26)29(19)20;1-2-6-10(7-3-1)11-8-4-5-9-12-11;/h1-10,12-16H;1-6,8-9H;/q2*-1;. The molecule has 4 nitrogen and oxygen atoms in total. The van der Waals surface area contributed by atoms with E-state index in [4.69, 9.17) is 4.42 Å². The van der Waals surface area contributed by atoms with Crippen LogP contribution in [0.3, 0.4) is 0 Å². The molecule has 0 aliphatic carbocycles. The molecular weight excluding hydrogens is 731 g/mol. The van der Waals surface area contributed by atoms with Gasteiger partial charge >= 0.3 is 0 Å². The Bertz CT molecular complexity index is 2550. The Morgan fingerprint density at radius 2 is 1.20 bits per heavy atom. The van der Waals surface area contributed by atoms with Crippen molar-refractivity contribution in [2.75, 3.05) is 0 Å². The number of pyridine rings is 2. The molecule has 5 heterocycles. The third-order valence-corrected chi connectivity index (χ3v) is 8.34. The summed E-state index contributed by atoms with van der Waals surface area (Å²) < 4.78 is 8.56. The van der Waals surface area contributed by atoms with Gasteiger partial charge in [0, 0.05) is 59.6 Å². The van der Waals surface area contributed by atoms with Crippen LogP contribution >= 0.6 is 0 Å². The Labute approximate surface area is 272 Å². The van der Waals surface area contributed by atoms with Gasteiger partial charge in [0.05, 0.1) is 5.52 Å². The monoisotopic (exact) mass is 754 g/mol. The van der Waals surface area contributed by atoms with Gasteiger partial charge in [-0.15, -0.1) is 59.7 Å². The fourth-order valence-corrected chi connectivity index (χ4v) is 6.38. The number of nitrogens with zero attached hydrogens (tertiary/aromatic N) is 3. The molecule has 45 heavy (non-hydrogen) atoms. The fraction of sp³-hybridized carbons (Fsp3) is 0. The molecular formula is C40H23IrN3O-2. The Morgan fingerprint density at radius 1 is 0.511 bits per heavy atom. The average Bonchev–Trinajstić information content (AvgIpc) is 3.75. The maximum absolute atomic E-state index is 6.18. The number of aromatic nitrogens is 3. The van der Waals surface area contributed by atoms with E-state index in [0.717, 1.165) is 50.0 Å². The second kappa shape index (κ2) is 11.0. The van der Waals surface area contributed by atoms with Crippen LogP contribution in [0.25, 0.3) is 82.5 Å². The van der Waals surface area contributed by atoms with E-state index < -0.39 is 0 Å². The van der Waals surface area contributed by atoms with Gasteiger partial charge in [-0.25, -0.2) is 0 Å². The van der Waals surface area contributed by atoms with Crippen LogP contribution in [0.1, 0.15) is 0 Å². The van der Waals surface area contributed by atoms with Crippen LogP contribution in [0.2, 0.25) is 0 Å². The van der Waals surface area contributed by atoms with Crippen LogP contribution < -0.4 is 0 Å². The number of hydrogen-bond acceptors (Lipinski definition) is 3. The summed E-state index contributed by atoms with van der Waals surface area (Å²) in [6.45, 7) is 0. The normalized spacial score (nSPS) is 11.4. The molecule has 0 amide bonds. The number of benzene rings is 5. The van der Waals surface area contributed by atoms with Gasteiger partial charge in [0.15, 0.2) is 0 Å². The molecule has 10 aromatic rings. The van der Waals surface area contributed by atoms with E-state index in [1.54, 1.807) is 6.20 Å². The number of fused-ring (bicyclic) bond motifs is 9. The van der Waals surface area contributed by atoms with Gasteiger partial charge in [0.1, 0.15) is 11.2 Å². The van der Waals surface area contributed by atoms with E-state index in [2.05, 4.69) is 81.1 Å². The van der Waals surface area contributed by atoms with E-state index in [-0.39, 0.29) is 20.1 Å². The molecule has 5 aromatic heterocycles. The van der Waals surface area contributed by atoms with Crippen molar-refractivity contribution in [1.29, 1.82) is 0 Å². The molecule has 5 heteroatoms. The smallest absolute Gasteiger partial charge is 0.136 e. The summed E-state index contributed by atoms with van der Waals surface area (Å²) in [6, 6.07) is 49.9. The number of rotatable bonds is 2. The average molecular weight is 754 g/mol. The molecule has 0 aliphatic rings. The van der Waals surface area contributed by atoms with Gasteiger partial charge in [-0.2, -0.15) is 0 Å². The van der Waals surface area contributed by atoms with Crippen molar-refractivity contribution < 1.29 is 24.5 Å². The molecule has 5 aromatic carbocycles. The topological polar surface area (TPSA) is 43.3 Å². The van der Waals surface area contributed by atoms with Crippen LogP contribution in [-0.2, 0) is 20.1 Å². The van der Waals surface area contributed by atoms with Gasteiger partial charge in [-0.1, -0.05) is 66.0 Å². The minimum atomic E-state index is 0. The van der Waals surface area contributed by atoms with Gasteiger partial charge in [0.25, 0.3) is 0 Å². The first kappa shape index (κ1) is 27.2. The van der Waals surface area contributed by atoms with Crippen LogP contribution in [0.15, 0.2) is 144 Å². The molecule has 0 atom stereocenters. The van der Waals surface area contributed by atoms with E-state index in [1.807, 2.05) is 79.0 Å². The molecule has 10 rings (SSSR count). The van der Waals surface area contributed by atoms with Crippen molar-refractivity contribution in [3.63, 3.8) is 0 Å². The number of hydrogen-bond donors (Lipinski definition) is 0. The molecule has 0 saturated carbocycles. The van der Waals surface area contributed by atoms with Crippen LogP contribution in [0, 0.1) is 12.1 Å². The number of para-hydroxylation sites is 2. The SMILES string of the molecule is [Ir].[c-]1cc2c(cc1-c1ccccn1)c1cccc3c4cc5oc6ccccc6c5cc4n2c13.[c-]1ccccc1-c1ccccn1. The first-order chi connectivity index (χ1) is 21.8. The minimum Gasteiger partial charge on any atom is -0.456 e. The summed E-state index contributed by atoms with van der Waals surface area (Å²) in [5.74, 6) is 0. The maximum Gasteiger partial charge on any atom is 0.136 e. The zero-order chi connectivity index (χ0) is 29.0. The Balaban J connectivity index is 0.000000196. The van der Waals surface area contributed by atoms with Crippen LogP contribution in [0.4, 0.5) is 0 Å². The first-order valence-corrected chi connectivity index (χ1v) is 14.6. The van der Waals surface area contributed by atoms with Crippen LogP contribution in [-0.4, -0.2) is 14.4 Å². The Morgan fingerprint density at radius 3 is 1.93 bits per heavy atom. The van der Waals surface area contributed by atoms with Crippen molar-refractivity contribution in [2.45, 2.75) is 0 Å². The molecule has 0 fully saturated rings. The quantitative estimate of drug-likeness (QED) is 0.165. The second-order valence-corrected chi connectivity index (χ2v) is 10.9. The second-order valence-electron chi connectivity index (χ2n) is 10.9. The van der Waals surface area contributed by atoms with E-state index in [9.17, 15) is 0 Å². The third kappa shape index (κ3) is 4.40. The third-order valence-electron chi connectivity index (χ3n) is 8.34. The molecule has 0 N–H and O–H groups in total. The zero-order valence-corrected chi connectivity index (χ0v) is 26.3. The number of furan rings is 1. The first-order valence-electron chi connectivity index (χ1n) is 14.6. The van der Waals surface area contributed by atoms with Gasteiger partial charge in [0.2, 0.25) is 0 Å². The van der Waals surface area contributed by atoms with Gasteiger partial charge in [-0.3, -0.25) is 0 Å². The summed E-state index contributed by atoms with van der Waals surface area (Å²) in [6.07, 6.45) is 3.62. The molecule has 0 bridgehead atoms. The van der Waals surface area contributed by atoms with E-state index in [0.29, 0.717) is 0 Å². The molecule has 0 spiro atoms. The summed E-state index contributed by atoms with van der Waals surface area (Å²) in [7, 11) is 0. The molecule has 0 aliphatic heterocycles. The Hall–Kier alpha value is -5.35. The zero-order valence-electron chi connectivity index (χ0n) is 23.9. The van der Waals surface area contributed by atoms with Crippen molar-refractivity contribution in [1.82, 2.24) is 14.4 Å². The largest absolute Gasteiger partial charge is 0.456 e. The predicted molar refractivity (Wildman–Crippen MR) is 179 cm³/mol. The molecule has 0 saturated heterocycles.